The molecule has 0 rings (SSSR count). The highest BCUT2D eigenvalue weighted by Gasteiger charge is 2.01. The molecule has 4 heteroatoms. The van der Waals surface area contributed by atoms with Crippen molar-refractivity contribution in [2.24, 2.45) is 0 Å². The summed E-state index contributed by atoms with van der Waals surface area (Å²) < 4.78 is 9.90. The van der Waals surface area contributed by atoms with Gasteiger partial charge in [-0.1, -0.05) is 47.8 Å². The summed E-state index contributed by atoms with van der Waals surface area (Å²) in [6, 6.07) is 0. The van der Waals surface area contributed by atoms with E-state index in [9.17, 15) is 4.79 Å². The van der Waals surface area contributed by atoms with Crippen molar-refractivity contribution >= 4 is 22.1 Å². The number of alkyl halides is 1. The number of rotatable bonds is 12. The van der Waals surface area contributed by atoms with Crippen molar-refractivity contribution in [2.75, 3.05) is 18.5 Å². The zero-order valence-electron chi connectivity index (χ0n) is 12.0. The number of carbonyl (C=O) groups excluding carboxylic acids is 1. The minimum absolute atomic E-state index is 0.407. The van der Waals surface area contributed by atoms with E-state index in [0.29, 0.717) is 13.2 Å². The maximum absolute atomic E-state index is 11.2. The molecule has 0 N–H and O–H groups in total. The van der Waals surface area contributed by atoms with E-state index < -0.39 is 6.16 Å². The average Bonchev–Trinajstić information content (AvgIpc) is 2.41. The topological polar surface area (TPSA) is 35.5 Å². The SMILES string of the molecule is CCCCC/C=C\CCOC(=O)OCCCCCBr. The summed E-state index contributed by atoms with van der Waals surface area (Å²) in [4.78, 5) is 11.2. The van der Waals surface area contributed by atoms with Crippen molar-refractivity contribution in [2.45, 2.75) is 58.3 Å². The third-order valence-corrected chi connectivity index (χ3v) is 3.20. The van der Waals surface area contributed by atoms with Crippen LogP contribution < -0.4 is 0 Å². The molecule has 0 bridgehead atoms. The quantitative estimate of drug-likeness (QED) is 0.212. The highest BCUT2D eigenvalue weighted by Crippen LogP contribution is 2.01. The second kappa shape index (κ2) is 15.5. The van der Waals surface area contributed by atoms with Gasteiger partial charge in [-0.15, -0.1) is 0 Å². The van der Waals surface area contributed by atoms with Gasteiger partial charge in [0.25, 0.3) is 0 Å². The van der Waals surface area contributed by atoms with Crippen LogP contribution in [0.5, 0.6) is 0 Å². The summed E-state index contributed by atoms with van der Waals surface area (Å²) in [5.74, 6) is 0. The molecule has 0 saturated carbocycles. The minimum Gasteiger partial charge on any atom is -0.434 e. The number of unbranched alkanes of at least 4 members (excludes halogenated alkanes) is 5. The highest BCUT2D eigenvalue weighted by molar-refractivity contribution is 9.09. The number of ether oxygens (including phenoxy) is 2. The molecule has 0 radical (unpaired) electrons. The molecule has 0 spiro atoms. The summed E-state index contributed by atoms with van der Waals surface area (Å²) in [6.45, 7) is 3.06. The molecule has 0 unspecified atom stereocenters. The van der Waals surface area contributed by atoms with Crippen molar-refractivity contribution in [3.8, 4) is 0 Å². The second-order valence-corrected chi connectivity index (χ2v) is 5.25. The van der Waals surface area contributed by atoms with E-state index in [4.69, 9.17) is 9.47 Å². The minimum atomic E-state index is -0.543. The number of allylic oxidation sites excluding steroid dienone is 1. The van der Waals surface area contributed by atoms with Crippen LogP contribution in [0.2, 0.25) is 0 Å². The van der Waals surface area contributed by atoms with Gasteiger partial charge in [-0.2, -0.15) is 0 Å². The Kier molecular flexibility index (Phi) is 15.1. The number of carbonyl (C=O) groups is 1. The normalized spacial score (nSPS) is 10.8. The fourth-order valence-corrected chi connectivity index (χ4v) is 1.93. The van der Waals surface area contributed by atoms with Crippen LogP contribution >= 0.6 is 15.9 Å². The number of hydrogen-bond acceptors (Lipinski definition) is 3. The van der Waals surface area contributed by atoms with E-state index in [-0.39, 0.29) is 0 Å². The highest BCUT2D eigenvalue weighted by atomic mass is 79.9. The lowest BCUT2D eigenvalue weighted by molar-refractivity contribution is 0.0554. The van der Waals surface area contributed by atoms with Gasteiger partial charge in [-0.3, -0.25) is 0 Å². The van der Waals surface area contributed by atoms with Gasteiger partial charge >= 0.3 is 6.16 Å². The molecule has 0 heterocycles. The fraction of sp³-hybridized carbons (Fsp3) is 0.800. The molecule has 0 aliphatic heterocycles. The maximum atomic E-state index is 11.2. The Morgan fingerprint density at radius 2 is 1.68 bits per heavy atom. The Morgan fingerprint density at radius 1 is 0.947 bits per heavy atom. The summed E-state index contributed by atoms with van der Waals surface area (Å²) in [7, 11) is 0. The van der Waals surface area contributed by atoms with E-state index in [1.807, 2.05) is 0 Å². The lowest BCUT2D eigenvalue weighted by Gasteiger charge is -2.04. The average molecular weight is 335 g/mol. The van der Waals surface area contributed by atoms with Crippen LogP contribution in [0, 0.1) is 0 Å². The molecule has 0 amide bonds. The van der Waals surface area contributed by atoms with Crippen LogP contribution in [-0.4, -0.2) is 24.7 Å². The van der Waals surface area contributed by atoms with Crippen LogP contribution in [-0.2, 0) is 9.47 Å². The van der Waals surface area contributed by atoms with Gasteiger partial charge < -0.3 is 9.47 Å². The van der Waals surface area contributed by atoms with Gasteiger partial charge in [0.1, 0.15) is 0 Å². The molecule has 0 aliphatic rings. The molecule has 3 nitrogen and oxygen atoms in total. The van der Waals surface area contributed by atoms with E-state index in [2.05, 4.69) is 35.0 Å². The molecule has 0 aromatic rings. The molecular weight excluding hydrogens is 308 g/mol. The van der Waals surface area contributed by atoms with E-state index in [1.165, 1.54) is 19.3 Å². The van der Waals surface area contributed by atoms with Crippen LogP contribution in [0.15, 0.2) is 12.2 Å². The van der Waals surface area contributed by atoms with Gasteiger partial charge in [-0.25, -0.2) is 4.79 Å². The first-order valence-corrected chi connectivity index (χ1v) is 8.44. The Balaban J connectivity index is 3.24. The lowest BCUT2D eigenvalue weighted by atomic mass is 10.2. The first-order chi connectivity index (χ1) is 9.31. The van der Waals surface area contributed by atoms with E-state index in [0.717, 1.165) is 37.4 Å². The predicted octanol–water partition coefficient (Wildman–Crippen LogP) is 5.23. The summed E-state index contributed by atoms with van der Waals surface area (Å²) in [5, 5.41) is 1.00. The van der Waals surface area contributed by atoms with Gasteiger partial charge in [-0.05, 0) is 38.5 Å². The molecule has 112 valence electrons. The van der Waals surface area contributed by atoms with E-state index in [1.54, 1.807) is 0 Å². The standard InChI is InChI=1S/C15H27BrO3/c1-2-3-4-5-6-7-10-13-18-15(17)19-14-11-8-9-12-16/h6-7H,2-5,8-14H2,1H3/b7-6-. The monoisotopic (exact) mass is 334 g/mol. The molecule has 19 heavy (non-hydrogen) atoms. The van der Waals surface area contributed by atoms with Crippen molar-refractivity contribution in [1.29, 1.82) is 0 Å². The third kappa shape index (κ3) is 15.4. The number of halogens is 1. The second-order valence-electron chi connectivity index (χ2n) is 4.45. The number of hydrogen-bond donors (Lipinski definition) is 0. The zero-order chi connectivity index (χ0) is 14.2. The molecule has 0 aromatic heterocycles. The van der Waals surface area contributed by atoms with Crippen molar-refractivity contribution in [3.63, 3.8) is 0 Å². The fourth-order valence-electron chi connectivity index (χ4n) is 1.53. The summed E-state index contributed by atoms with van der Waals surface area (Å²) in [5.41, 5.74) is 0. The predicted molar refractivity (Wildman–Crippen MR) is 82.8 cm³/mol. The van der Waals surface area contributed by atoms with E-state index >= 15 is 0 Å². The largest absolute Gasteiger partial charge is 0.508 e. The Labute approximate surface area is 125 Å². The van der Waals surface area contributed by atoms with Crippen LogP contribution in [0.4, 0.5) is 4.79 Å². The Bertz CT molecular complexity index is 229. The summed E-state index contributed by atoms with van der Waals surface area (Å²) >= 11 is 3.36. The molecule has 0 atom stereocenters. The lowest BCUT2D eigenvalue weighted by Crippen LogP contribution is -2.09. The third-order valence-electron chi connectivity index (χ3n) is 2.64. The Morgan fingerprint density at radius 3 is 2.42 bits per heavy atom. The first-order valence-electron chi connectivity index (χ1n) is 7.31. The van der Waals surface area contributed by atoms with Crippen molar-refractivity contribution in [3.05, 3.63) is 12.2 Å². The molecule has 0 fully saturated rings. The van der Waals surface area contributed by atoms with Crippen LogP contribution in [0.25, 0.3) is 0 Å². The smallest absolute Gasteiger partial charge is 0.434 e. The summed E-state index contributed by atoms with van der Waals surface area (Å²) in [6.07, 6.45) is 12.4. The molecule has 0 aromatic carbocycles. The van der Waals surface area contributed by atoms with Crippen LogP contribution in [0.3, 0.4) is 0 Å². The van der Waals surface area contributed by atoms with Crippen molar-refractivity contribution in [1.82, 2.24) is 0 Å². The first kappa shape index (κ1) is 18.5. The van der Waals surface area contributed by atoms with Crippen molar-refractivity contribution < 1.29 is 14.3 Å². The van der Waals surface area contributed by atoms with Crippen LogP contribution in [0.1, 0.15) is 58.3 Å². The van der Waals surface area contributed by atoms with Gasteiger partial charge in [0.2, 0.25) is 0 Å². The van der Waals surface area contributed by atoms with Gasteiger partial charge in [0.05, 0.1) is 13.2 Å². The Hall–Kier alpha value is -0.510. The molecule has 0 aliphatic carbocycles. The van der Waals surface area contributed by atoms with Gasteiger partial charge in [0, 0.05) is 5.33 Å². The molecular formula is C15H27BrO3. The van der Waals surface area contributed by atoms with Gasteiger partial charge in [0.15, 0.2) is 0 Å². The maximum Gasteiger partial charge on any atom is 0.508 e. The zero-order valence-corrected chi connectivity index (χ0v) is 13.6. The molecule has 0 saturated heterocycles.